The van der Waals surface area contributed by atoms with Gasteiger partial charge < -0.3 is 29.6 Å². The third-order valence-corrected chi connectivity index (χ3v) is 6.89. The molecule has 220 valence electrons. The fourth-order valence-corrected chi connectivity index (χ4v) is 4.87. The largest absolute Gasteiger partial charge is 0.511 e. The Labute approximate surface area is 244 Å². The quantitative estimate of drug-likeness (QED) is 0.141. The molecule has 0 saturated carbocycles. The van der Waals surface area contributed by atoms with Crippen LogP contribution in [0.1, 0.15) is 42.6 Å². The number of hydrogen-bond donors (Lipinski definition) is 2. The van der Waals surface area contributed by atoms with E-state index in [-0.39, 0.29) is 43.3 Å². The summed E-state index contributed by atoms with van der Waals surface area (Å²) in [5.74, 6) is -0.150. The van der Waals surface area contributed by atoms with Crippen LogP contribution >= 0.6 is 0 Å². The SMILES string of the molecule is CCOC(=O)OC(C)OC(=O)C[C@@H]1C[C@@H](COc2ccc(-c3ccc(C(=N)N)cc3)cc2)N(C(=O)c2ccccc2)C1. The van der Waals surface area contributed by atoms with Gasteiger partial charge in [0.2, 0.25) is 6.29 Å². The number of amides is 1. The molecule has 1 fully saturated rings. The van der Waals surface area contributed by atoms with Crippen molar-refractivity contribution in [2.45, 2.75) is 39.0 Å². The Kier molecular flexibility index (Phi) is 10.1. The first-order valence-electron chi connectivity index (χ1n) is 13.8. The number of benzene rings is 3. The van der Waals surface area contributed by atoms with E-state index in [1.165, 1.54) is 6.92 Å². The predicted octanol–water partition coefficient (Wildman–Crippen LogP) is 5.00. The maximum Gasteiger partial charge on any atom is 0.511 e. The van der Waals surface area contributed by atoms with Gasteiger partial charge in [0.1, 0.15) is 18.2 Å². The summed E-state index contributed by atoms with van der Waals surface area (Å²) in [6, 6.07) is 23.8. The van der Waals surface area contributed by atoms with Gasteiger partial charge in [-0.2, -0.15) is 0 Å². The average Bonchev–Trinajstić information content (AvgIpc) is 3.38. The first-order chi connectivity index (χ1) is 20.2. The molecule has 0 spiro atoms. The van der Waals surface area contributed by atoms with Crippen LogP contribution in [0.2, 0.25) is 0 Å². The van der Waals surface area contributed by atoms with Crippen LogP contribution in [0.25, 0.3) is 11.1 Å². The molecule has 0 radical (unpaired) electrons. The lowest BCUT2D eigenvalue weighted by molar-refractivity contribution is -0.168. The van der Waals surface area contributed by atoms with E-state index in [0.717, 1.165) is 11.1 Å². The summed E-state index contributed by atoms with van der Waals surface area (Å²) >= 11 is 0. The third kappa shape index (κ3) is 8.09. The van der Waals surface area contributed by atoms with Crippen LogP contribution in [-0.2, 0) is 19.0 Å². The number of carbonyl (C=O) groups is 3. The lowest BCUT2D eigenvalue weighted by Gasteiger charge is -2.25. The molecule has 3 aromatic rings. The molecule has 3 N–H and O–H groups in total. The van der Waals surface area contributed by atoms with Crippen molar-refractivity contribution < 1.29 is 33.3 Å². The molecule has 1 aliphatic heterocycles. The summed E-state index contributed by atoms with van der Waals surface area (Å²) in [5.41, 5.74) is 8.73. The molecule has 42 heavy (non-hydrogen) atoms. The Morgan fingerprint density at radius 2 is 1.57 bits per heavy atom. The number of likely N-dealkylation sites (tertiary alicyclic amines) is 1. The minimum Gasteiger partial charge on any atom is -0.491 e. The molecular weight excluding hydrogens is 538 g/mol. The number of hydrogen-bond acceptors (Lipinski definition) is 8. The van der Waals surface area contributed by atoms with E-state index >= 15 is 0 Å². The van der Waals surface area contributed by atoms with Crippen molar-refractivity contribution in [3.8, 4) is 16.9 Å². The van der Waals surface area contributed by atoms with Gasteiger partial charge in [-0.1, -0.05) is 54.6 Å². The molecule has 0 bridgehead atoms. The van der Waals surface area contributed by atoms with Crippen molar-refractivity contribution in [1.82, 2.24) is 4.90 Å². The topological polar surface area (TPSA) is 141 Å². The van der Waals surface area contributed by atoms with Crippen LogP contribution in [0.4, 0.5) is 4.79 Å². The molecule has 10 nitrogen and oxygen atoms in total. The number of carbonyl (C=O) groups excluding carboxylic acids is 3. The van der Waals surface area contributed by atoms with E-state index in [1.807, 2.05) is 54.6 Å². The highest BCUT2D eigenvalue weighted by atomic mass is 16.8. The predicted molar refractivity (Wildman–Crippen MR) is 156 cm³/mol. The Morgan fingerprint density at radius 3 is 2.19 bits per heavy atom. The average molecular weight is 574 g/mol. The lowest BCUT2D eigenvalue weighted by atomic mass is 10.0. The first-order valence-corrected chi connectivity index (χ1v) is 13.8. The normalized spacial score (nSPS) is 16.8. The number of nitrogens with zero attached hydrogens (tertiary/aromatic N) is 1. The number of nitrogen functional groups attached to an aromatic ring is 1. The van der Waals surface area contributed by atoms with Crippen LogP contribution in [0.5, 0.6) is 5.75 Å². The van der Waals surface area contributed by atoms with Crippen molar-refractivity contribution in [1.29, 1.82) is 5.41 Å². The molecule has 1 unspecified atom stereocenters. The summed E-state index contributed by atoms with van der Waals surface area (Å²) in [6.07, 6.45) is -1.40. The smallest absolute Gasteiger partial charge is 0.491 e. The minimum absolute atomic E-state index is 0.0220. The molecule has 1 saturated heterocycles. The second-order valence-corrected chi connectivity index (χ2v) is 9.97. The summed E-state index contributed by atoms with van der Waals surface area (Å²) in [7, 11) is 0. The van der Waals surface area contributed by atoms with Gasteiger partial charge in [0.05, 0.1) is 19.1 Å². The van der Waals surface area contributed by atoms with Gasteiger partial charge in [-0.25, -0.2) is 4.79 Å². The summed E-state index contributed by atoms with van der Waals surface area (Å²) in [4.78, 5) is 39.2. The standard InChI is InChI=1S/C32H35N3O7/c1-3-39-32(38)42-21(2)41-29(36)18-22-17-27(35(19-22)31(37)26-7-5-4-6-8-26)20-40-28-15-13-24(14-16-28)23-9-11-25(12-10-23)30(33)34/h4-16,21-22,27H,3,17-20H2,1-2H3,(H3,33,34)/t21?,22-,27-/m0/s1. The molecule has 0 aliphatic carbocycles. The number of nitrogens with two attached hydrogens (primary N) is 1. The van der Waals surface area contributed by atoms with Crippen molar-refractivity contribution in [3.05, 3.63) is 90.0 Å². The highest BCUT2D eigenvalue weighted by Crippen LogP contribution is 2.29. The fourth-order valence-electron chi connectivity index (χ4n) is 4.87. The second-order valence-electron chi connectivity index (χ2n) is 9.97. The van der Waals surface area contributed by atoms with Crippen molar-refractivity contribution in [2.24, 2.45) is 11.7 Å². The van der Waals surface area contributed by atoms with Crippen LogP contribution in [0.3, 0.4) is 0 Å². The molecule has 1 amide bonds. The van der Waals surface area contributed by atoms with Crippen LogP contribution in [-0.4, -0.2) is 60.9 Å². The van der Waals surface area contributed by atoms with Gasteiger partial charge in [0.15, 0.2) is 0 Å². The second kappa shape index (κ2) is 14.2. The third-order valence-electron chi connectivity index (χ3n) is 6.89. The number of esters is 1. The van der Waals surface area contributed by atoms with Crippen LogP contribution in [0.15, 0.2) is 78.9 Å². The van der Waals surface area contributed by atoms with E-state index in [2.05, 4.69) is 0 Å². The van der Waals surface area contributed by atoms with Crippen LogP contribution in [0, 0.1) is 11.3 Å². The van der Waals surface area contributed by atoms with Crippen molar-refractivity contribution >= 4 is 23.9 Å². The lowest BCUT2D eigenvalue weighted by Crippen LogP contribution is -2.39. The maximum atomic E-state index is 13.4. The zero-order chi connectivity index (χ0) is 30.1. The molecule has 3 atom stereocenters. The molecule has 3 aromatic carbocycles. The Morgan fingerprint density at radius 1 is 0.929 bits per heavy atom. The minimum atomic E-state index is -1.09. The number of nitrogens with one attached hydrogen (secondary N) is 1. The van der Waals surface area contributed by atoms with Gasteiger partial charge in [0, 0.05) is 24.6 Å². The van der Waals surface area contributed by atoms with E-state index in [9.17, 15) is 14.4 Å². The zero-order valence-electron chi connectivity index (χ0n) is 23.7. The van der Waals surface area contributed by atoms with E-state index in [4.69, 9.17) is 30.1 Å². The number of rotatable bonds is 11. The molecule has 10 heteroatoms. The molecule has 1 heterocycles. The van der Waals surface area contributed by atoms with Crippen molar-refractivity contribution in [3.63, 3.8) is 0 Å². The van der Waals surface area contributed by atoms with Gasteiger partial charge in [0.25, 0.3) is 5.91 Å². The summed E-state index contributed by atoms with van der Waals surface area (Å²) in [5, 5.41) is 7.55. The van der Waals surface area contributed by atoms with E-state index < -0.39 is 18.4 Å². The highest BCUT2D eigenvalue weighted by Gasteiger charge is 2.37. The monoisotopic (exact) mass is 573 g/mol. The summed E-state index contributed by atoms with van der Waals surface area (Å²) < 4.78 is 20.9. The van der Waals surface area contributed by atoms with Crippen LogP contribution < -0.4 is 10.5 Å². The number of ether oxygens (including phenoxy) is 4. The fraction of sp³-hybridized carbons (Fsp3) is 0.312. The molecule has 0 aromatic heterocycles. The van der Waals surface area contributed by atoms with Gasteiger partial charge >= 0.3 is 12.1 Å². The molecular formula is C32H35N3O7. The summed E-state index contributed by atoms with van der Waals surface area (Å²) in [6.45, 7) is 3.85. The Balaban J connectivity index is 1.39. The number of amidine groups is 1. The maximum absolute atomic E-state index is 13.4. The van der Waals surface area contributed by atoms with E-state index in [1.54, 1.807) is 36.1 Å². The van der Waals surface area contributed by atoms with Gasteiger partial charge in [-0.15, -0.1) is 0 Å². The first kappa shape index (κ1) is 30.1. The van der Waals surface area contributed by atoms with Gasteiger partial charge in [-0.3, -0.25) is 15.0 Å². The van der Waals surface area contributed by atoms with Crippen molar-refractivity contribution in [2.75, 3.05) is 19.8 Å². The highest BCUT2D eigenvalue weighted by molar-refractivity contribution is 5.95. The molecule has 1 aliphatic rings. The van der Waals surface area contributed by atoms with Gasteiger partial charge in [-0.05, 0) is 54.7 Å². The Hall–Kier alpha value is -4.86. The molecule has 4 rings (SSSR count). The van der Waals surface area contributed by atoms with E-state index in [0.29, 0.717) is 29.8 Å². The Bertz CT molecular complexity index is 1380. The zero-order valence-corrected chi connectivity index (χ0v) is 23.7.